The summed E-state index contributed by atoms with van der Waals surface area (Å²) >= 11 is 0. The van der Waals surface area contributed by atoms with E-state index in [-0.39, 0.29) is 23.1 Å². The Kier molecular flexibility index (Phi) is 12.2. The summed E-state index contributed by atoms with van der Waals surface area (Å²) < 4.78 is 42.5. The molecule has 14 heteroatoms. The predicted molar refractivity (Wildman–Crippen MR) is 195 cm³/mol. The van der Waals surface area contributed by atoms with Crippen LogP contribution in [0.5, 0.6) is 0 Å². The van der Waals surface area contributed by atoms with Gasteiger partial charge in [0.25, 0.3) is 0 Å². The summed E-state index contributed by atoms with van der Waals surface area (Å²) in [5, 5.41) is 0. The molecule has 1 heterocycles. The van der Waals surface area contributed by atoms with Crippen LogP contribution in [0.15, 0.2) is 72.8 Å². The summed E-state index contributed by atoms with van der Waals surface area (Å²) in [5.74, 6) is -8.85. The first-order valence-corrected chi connectivity index (χ1v) is 18.4. The van der Waals surface area contributed by atoms with Crippen LogP contribution in [0.2, 0.25) is 0 Å². The third kappa shape index (κ3) is 8.40. The van der Waals surface area contributed by atoms with Crippen molar-refractivity contribution in [2.45, 2.75) is 110 Å². The highest BCUT2D eigenvalue weighted by Crippen LogP contribution is 2.54. The van der Waals surface area contributed by atoms with Gasteiger partial charge in [-0.2, -0.15) is 0 Å². The van der Waals surface area contributed by atoms with Crippen molar-refractivity contribution in [2.24, 2.45) is 23.2 Å². The zero-order valence-corrected chi connectivity index (χ0v) is 32.7. The monoisotopic (exact) mass is 776 g/mol. The van der Waals surface area contributed by atoms with Crippen LogP contribution >= 0.6 is 0 Å². The molecule has 3 aliphatic rings. The maximum Gasteiger partial charge on any atom is 0.338 e. The van der Waals surface area contributed by atoms with Gasteiger partial charge in [-0.15, -0.1) is 0 Å². The van der Waals surface area contributed by atoms with Gasteiger partial charge in [-0.1, -0.05) is 70.7 Å². The van der Waals surface area contributed by atoms with Gasteiger partial charge in [0.2, 0.25) is 0 Å². The Morgan fingerprint density at radius 3 is 1.68 bits per heavy atom. The van der Waals surface area contributed by atoms with Crippen molar-refractivity contribution in [3.05, 3.63) is 83.9 Å². The second-order valence-corrected chi connectivity index (χ2v) is 15.3. The van der Waals surface area contributed by atoms with Gasteiger partial charge >= 0.3 is 35.8 Å². The number of benzene rings is 2. The lowest BCUT2D eigenvalue weighted by Gasteiger charge is -2.45. The Morgan fingerprint density at radius 1 is 0.679 bits per heavy atom. The van der Waals surface area contributed by atoms with E-state index in [0.717, 1.165) is 27.7 Å². The maximum absolute atomic E-state index is 15.0. The number of epoxide rings is 1. The summed E-state index contributed by atoms with van der Waals surface area (Å²) in [5.41, 5.74) is -3.42. The quantitative estimate of drug-likeness (QED) is 0.155. The van der Waals surface area contributed by atoms with Crippen molar-refractivity contribution in [2.75, 3.05) is 0 Å². The lowest BCUT2D eigenvalue weighted by molar-refractivity contribution is -0.188. The van der Waals surface area contributed by atoms with Gasteiger partial charge in [-0.25, -0.2) is 9.59 Å². The zero-order valence-electron chi connectivity index (χ0n) is 32.7. The van der Waals surface area contributed by atoms with Gasteiger partial charge in [-0.3, -0.25) is 24.0 Å². The minimum Gasteiger partial charge on any atom is -0.462 e. The van der Waals surface area contributed by atoms with Crippen LogP contribution < -0.4 is 0 Å². The normalized spacial score (nSPS) is 32.1. The highest BCUT2D eigenvalue weighted by Gasteiger charge is 2.69. The number of ether oxygens (including phenoxy) is 7. The topological polar surface area (TPSA) is 187 Å². The van der Waals surface area contributed by atoms with E-state index < -0.39 is 113 Å². The molecule has 300 valence electrons. The van der Waals surface area contributed by atoms with Gasteiger partial charge < -0.3 is 33.2 Å². The molecule has 1 aliphatic heterocycles. The first-order valence-electron chi connectivity index (χ1n) is 18.4. The van der Waals surface area contributed by atoms with Crippen molar-refractivity contribution in [1.82, 2.24) is 0 Å². The molecule has 5 rings (SSSR count). The molecule has 0 spiro atoms. The van der Waals surface area contributed by atoms with Crippen LogP contribution in [0, 0.1) is 23.2 Å². The highest BCUT2D eigenvalue weighted by molar-refractivity contribution is 5.93. The lowest BCUT2D eigenvalue weighted by atomic mass is 9.69. The summed E-state index contributed by atoms with van der Waals surface area (Å²) in [7, 11) is 0. The number of rotatable bonds is 8. The van der Waals surface area contributed by atoms with E-state index in [0.29, 0.717) is 0 Å². The summed E-state index contributed by atoms with van der Waals surface area (Å²) in [4.78, 5) is 94.8. The van der Waals surface area contributed by atoms with E-state index >= 15 is 4.79 Å². The summed E-state index contributed by atoms with van der Waals surface area (Å²) in [6, 6.07) is 15.9. The number of carbonyl (C=O) groups excluding carboxylic acids is 7. The molecule has 0 amide bonds. The first-order chi connectivity index (χ1) is 26.3. The van der Waals surface area contributed by atoms with Gasteiger partial charge in [0.1, 0.15) is 12.2 Å². The van der Waals surface area contributed by atoms with Crippen LogP contribution in [-0.2, 0) is 57.1 Å². The molecular formula is C42H48O14. The second-order valence-electron chi connectivity index (χ2n) is 15.3. The Labute approximate surface area is 325 Å². The van der Waals surface area contributed by atoms with E-state index in [9.17, 15) is 28.8 Å². The SMILES string of the molecule is C=C1[C@H](OC(C)=O)C2[C@@H](OC(C)=O)[C@@H](C)C[C@]2(OC(C)=O)C(=O)[C@H](C)C2OC2C(C)(C)[C@H](OC(=O)c2ccccc2)[C@H](OC(=O)c2ccccc2)[C@H]1OC(C)=O. The second kappa shape index (κ2) is 16.4. The Hall–Kier alpha value is -5.37. The van der Waals surface area contributed by atoms with Crippen LogP contribution in [0.3, 0.4) is 0 Å². The largest absolute Gasteiger partial charge is 0.462 e. The Balaban J connectivity index is 1.82. The van der Waals surface area contributed by atoms with Gasteiger partial charge in [0.15, 0.2) is 29.7 Å². The van der Waals surface area contributed by atoms with Crippen molar-refractivity contribution in [1.29, 1.82) is 0 Å². The number of Topliss-reactive ketones (excluding diaryl/α,β-unsaturated/α-hetero) is 1. The average molecular weight is 777 g/mol. The third-order valence-electron chi connectivity index (χ3n) is 10.8. The number of hydrogen-bond donors (Lipinski definition) is 0. The molecule has 1 saturated heterocycles. The van der Waals surface area contributed by atoms with Crippen LogP contribution in [0.4, 0.5) is 0 Å². The molecule has 2 aromatic carbocycles. The molecule has 0 aromatic heterocycles. The smallest absolute Gasteiger partial charge is 0.338 e. The number of hydrogen-bond acceptors (Lipinski definition) is 14. The van der Waals surface area contributed by atoms with Crippen molar-refractivity contribution in [3.63, 3.8) is 0 Å². The van der Waals surface area contributed by atoms with Crippen LogP contribution in [0.1, 0.15) is 82.5 Å². The number of carbonyl (C=O) groups is 7. The fourth-order valence-electron chi connectivity index (χ4n) is 8.33. The highest BCUT2D eigenvalue weighted by atomic mass is 16.6. The number of ketones is 1. The molecule has 3 fully saturated rings. The molecule has 2 saturated carbocycles. The van der Waals surface area contributed by atoms with E-state index in [4.69, 9.17) is 33.2 Å². The average Bonchev–Trinajstić information content (AvgIpc) is 3.91. The standard InChI is InChI=1S/C42H48O14/c1-21-20-42(56-27(7)46)30(31(21)50-24(4)43)32(51-25(5)44)22(2)33(52-26(6)45)35(54-39(48)28-16-12-10-13-17-28)38(55-40(49)29-18-14-11-15-19-29)41(8,9)37-34(53-37)23(3)36(42)47/h10-19,21,23,30-35,37-38H,2,20H2,1,3-9H3/t21-,23+,30?,31-,32-,33-,34?,35+,37?,38+,42+/m0/s1. The molecule has 0 bridgehead atoms. The zero-order chi connectivity index (χ0) is 41.3. The first kappa shape index (κ1) is 41.8. The molecular weight excluding hydrogens is 728 g/mol. The fraction of sp³-hybridized carbons (Fsp3) is 0.500. The minimum atomic E-state index is -2.09. The molecule has 56 heavy (non-hydrogen) atoms. The lowest BCUT2D eigenvalue weighted by Crippen LogP contribution is -2.60. The minimum absolute atomic E-state index is 0.0986. The molecule has 14 nitrogen and oxygen atoms in total. The van der Waals surface area contributed by atoms with Crippen molar-refractivity contribution >= 4 is 41.6 Å². The summed E-state index contributed by atoms with van der Waals surface area (Å²) in [6.07, 6.45) is -9.79. The van der Waals surface area contributed by atoms with E-state index in [1.54, 1.807) is 64.1 Å². The van der Waals surface area contributed by atoms with Gasteiger partial charge in [0.05, 0.1) is 29.3 Å². The van der Waals surface area contributed by atoms with Crippen molar-refractivity contribution < 1.29 is 66.7 Å². The van der Waals surface area contributed by atoms with Gasteiger partial charge in [-0.05, 0) is 30.2 Å². The molecule has 2 aliphatic carbocycles. The predicted octanol–water partition coefficient (Wildman–Crippen LogP) is 4.76. The number of fused-ring (bicyclic) bond motifs is 2. The van der Waals surface area contributed by atoms with Crippen LogP contribution in [-0.4, -0.2) is 89.9 Å². The summed E-state index contributed by atoms with van der Waals surface area (Å²) in [6.45, 7) is 15.3. The maximum atomic E-state index is 15.0. The van der Waals surface area contributed by atoms with Crippen molar-refractivity contribution in [3.8, 4) is 0 Å². The van der Waals surface area contributed by atoms with E-state index in [1.807, 2.05) is 0 Å². The van der Waals surface area contributed by atoms with E-state index in [1.165, 1.54) is 24.3 Å². The third-order valence-corrected chi connectivity index (χ3v) is 10.8. The molecule has 0 N–H and O–H groups in total. The molecule has 11 atom stereocenters. The van der Waals surface area contributed by atoms with Crippen LogP contribution in [0.25, 0.3) is 0 Å². The number of esters is 6. The van der Waals surface area contributed by atoms with E-state index in [2.05, 4.69) is 6.58 Å². The Morgan fingerprint density at radius 2 is 1.18 bits per heavy atom. The molecule has 3 unspecified atom stereocenters. The van der Waals surface area contributed by atoms with Gasteiger partial charge in [0, 0.05) is 51.0 Å². The molecule has 0 radical (unpaired) electrons. The molecule has 2 aromatic rings. The Bertz CT molecular complexity index is 1870. The fourth-order valence-corrected chi connectivity index (χ4v) is 8.33.